The van der Waals surface area contributed by atoms with Crippen LogP contribution < -0.4 is 5.32 Å². The van der Waals surface area contributed by atoms with Crippen molar-refractivity contribution in [3.63, 3.8) is 0 Å². The Hall–Kier alpha value is -0.870. The van der Waals surface area contributed by atoms with Gasteiger partial charge in [0, 0.05) is 19.3 Å². The van der Waals surface area contributed by atoms with Gasteiger partial charge in [0.1, 0.15) is 0 Å². The summed E-state index contributed by atoms with van der Waals surface area (Å²) in [5, 5.41) is 7.55. The molecule has 3 atom stereocenters. The molecule has 0 amide bonds. The number of rotatable bonds is 4. The fourth-order valence-electron chi connectivity index (χ4n) is 2.38. The van der Waals surface area contributed by atoms with E-state index in [1.807, 2.05) is 25.0 Å². The van der Waals surface area contributed by atoms with Crippen molar-refractivity contribution in [2.45, 2.75) is 44.4 Å². The molecule has 4 nitrogen and oxygen atoms in total. The number of aromatic nitrogens is 2. The Morgan fingerprint density at radius 2 is 2.44 bits per heavy atom. The molecule has 0 aromatic carbocycles. The highest BCUT2D eigenvalue weighted by atomic mass is 16.5. The summed E-state index contributed by atoms with van der Waals surface area (Å²) in [6.07, 6.45) is 8.09. The molecule has 4 heteroatoms. The fraction of sp³-hybridized carbons (Fsp3) is 0.750. The number of hydrogen-bond donors (Lipinski definition) is 1. The van der Waals surface area contributed by atoms with E-state index in [4.69, 9.17) is 4.74 Å². The van der Waals surface area contributed by atoms with Crippen LogP contribution in [0.5, 0.6) is 0 Å². The van der Waals surface area contributed by atoms with Gasteiger partial charge < -0.3 is 10.1 Å². The molecule has 1 aliphatic rings. The summed E-state index contributed by atoms with van der Waals surface area (Å²) in [6, 6.07) is 0.397. The molecule has 2 rings (SSSR count). The Balaban J connectivity index is 1.95. The van der Waals surface area contributed by atoms with Gasteiger partial charge in [0.2, 0.25) is 0 Å². The van der Waals surface area contributed by atoms with Gasteiger partial charge in [0.15, 0.2) is 0 Å². The zero-order valence-corrected chi connectivity index (χ0v) is 10.3. The highest BCUT2D eigenvalue weighted by molar-refractivity contribution is 5.07. The van der Waals surface area contributed by atoms with Gasteiger partial charge in [-0.3, -0.25) is 4.68 Å². The van der Waals surface area contributed by atoms with Crippen LogP contribution in [0.15, 0.2) is 12.4 Å². The molecule has 0 radical (unpaired) electrons. The van der Waals surface area contributed by atoms with E-state index < -0.39 is 0 Å². The van der Waals surface area contributed by atoms with Gasteiger partial charge in [-0.25, -0.2) is 0 Å². The molecule has 1 aromatic rings. The smallest absolute Gasteiger partial charge is 0.0735 e. The second-order valence-electron chi connectivity index (χ2n) is 4.68. The summed E-state index contributed by atoms with van der Waals surface area (Å²) in [5.74, 6) is 0. The first-order valence-electron chi connectivity index (χ1n) is 5.99. The molecule has 0 bridgehead atoms. The molecule has 0 spiro atoms. The summed E-state index contributed by atoms with van der Waals surface area (Å²) < 4.78 is 7.75. The van der Waals surface area contributed by atoms with E-state index >= 15 is 0 Å². The summed E-state index contributed by atoms with van der Waals surface area (Å²) in [7, 11) is 3.96. The Labute approximate surface area is 97.0 Å². The third kappa shape index (κ3) is 2.62. The van der Waals surface area contributed by atoms with Crippen molar-refractivity contribution < 1.29 is 4.74 Å². The predicted octanol–water partition coefficient (Wildman–Crippen LogP) is 1.12. The van der Waals surface area contributed by atoms with Crippen LogP contribution in [0.4, 0.5) is 0 Å². The molecule has 90 valence electrons. The van der Waals surface area contributed by atoms with Crippen LogP contribution in [0.1, 0.15) is 25.3 Å². The maximum atomic E-state index is 5.90. The van der Waals surface area contributed by atoms with E-state index in [1.54, 1.807) is 0 Å². The highest BCUT2D eigenvalue weighted by Crippen LogP contribution is 2.23. The van der Waals surface area contributed by atoms with Crippen LogP contribution in [0.3, 0.4) is 0 Å². The quantitative estimate of drug-likeness (QED) is 0.831. The van der Waals surface area contributed by atoms with Crippen LogP contribution in [0.25, 0.3) is 0 Å². The molecule has 16 heavy (non-hydrogen) atoms. The maximum Gasteiger partial charge on any atom is 0.0735 e. The number of ether oxygens (including phenoxy) is 1. The van der Waals surface area contributed by atoms with E-state index in [0.717, 1.165) is 12.8 Å². The van der Waals surface area contributed by atoms with Crippen LogP contribution in [-0.2, 0) is 18.2 Å². The molecule has 1 fully saturated rings. The lowest BCUT2D eigenvalue weighted by Gasteiger charge is -2.22. The minimum Gasteiger partial charge on any atom is -0.374 e. The second kappa shape index (κ2) is 4.97. The van der Waals surface area contributed by atoms with E-state index in [-0.39, 0.29) is 0 Å². The number of likely N-dealkylation sites (N-methyl/N-ethyl adjacent to an activating group) is 1. The zero-order valence-electron chi connectivity index (χ0n) is 10.3. The first-order chi connectivity index (χ1) is 7.69. The third-order valence-electron chi connectivity index (χ3n) is 3.30. The largest absolute Gasteiger partial charge is 0.374 e. The Bertz CT molecular complexity index is 337. The van der Waals surface area contributed by atoms with Crippen molar-refractivity contribution >= 4 is 0 Å². The molecule has 1 aromatic heterocycles. The average molecular weight is 223 g/mol. The normalized spacial score (nSPS) is 27.2. The van der Waals surface area contributed by atoms with Crippen molar-refractivity contribution in [3.05, 3.63) is 18.0 Å². The molecule has 2 heterocycles. The number of nitrogens with one attached hydrogen (secondary N) is 1. The predicted molar refractivity (Wildman–Crippen MR) is 63.3 cm³/mol. The van der Waals surface area contributed by atoms with Gasteiger partial charge in [0.25, 0.3) is 0 Å². The summed E-state index contributed by atoms with van der Waals surface area (Å²) in [6.45, 7) is 2.15. The van der Waals surface area contributed by atoms with Crippen LogP contribution in [0, 0.1) is 0 Å². The SMILES string of the molecule is CNC(Cc1cnn(C)c1)C1CCC(C)O1. The highest BCUT2D eigenvalue weighted by Gasteiger charge is 2.28. The van der Waals surface area contributed by atoms with Crippen molar-refractivity contribution in [2.24, 2.45) is 7.05 Å². The molecule has 1 N–H and O–H groups in total. The average Bonchev–Trinajstić information content (AvgIpc) is 2.84. The van der Waals surface area contributed by atoms with E-state index in [0.29, 0.717) is 18.2 Å². The lowest BCUT2D eigenvalue weighted by atomic mass is 10.0. The topological polar surface area (TPSA) is 39.1 Å². The summed E-state index contributed by atoms with van der Waals surface area (Å²) in [4.78, 5) is 0. The van der Waals surface area contributed by atoms with Gasteiger partial charge in [0.05, 0.1) is 18.4 Å². The Kier molecular flexibility index (Phi) is 3.61. The number of nitrogens with zero attached hydrogens (tertiary/aromatic N) is 2. The summed E-state index contributed by atoms with van der Waals surface area (Å²) in [5.41, 5.74) is 1.27. The first-order valence-corrected chi connectivity index (χ1v) is 5.99. The first kappa shape index (κ1) is 11.6. The summed E-state index contributed by atoms with van der Waals surface area (Å²) >= 11 is 0. The molecule has 1 aliphatic heterocycles. The lowest BCUT2D eigenvalue weighted by molar-refractivity contribution is 0.0337. The monoisotopic (exact) mass is 223 g/mol. The van der Waals surface area contributed by atoms with Gasteiger partial charge in [-0.2, -0.15) is 5.10 Å². The maximum absolute atomic E-state index is 5.90. The molecule has 3 unspecified atom stereocenters. The fourth-order valence-corrected chi connectivity index (χ4v) is 2.38. The van der Waals surface area contributed by atoms with Crippen LogP contribution in [0.2, 0.25) is 0 Å². The lowest BCUT2D eigenvalue weighted by Crippen LogP contribution is -2.39. The molecule has 0 aliphatic carbocycles. The molecular weight excluding hydrogens is 202 g/mol. The van der Waals surface area contributed by atoms with Gasteiger partial charge in [-0.15, -0.1) is 0 Å². The van der Waals surface area contributed by atoms with E-state index in [2.05, 4.69) is 23.5 Å². The number of aryl methyl sites for hydroxylation is 1. The van der Waals surface area contributed by atoms with Crippen molar-refractivity contribution in [3.8, 4) is 0 Å². The van der Waals surface area contributed by atoms with Crippen molar-refractivity contribution in [1.82, 2.24) is 15.1 Å². The third-order valence-corrected chi connectivity index (χ3v) is 3.30. The van der Waals surface area contributed by atoms with E-state index in [9.17, 15) is 0 Å². The molecule has 0 saturated carbocycles. The molecule has 1 saturated heterocycles. The van der Waals surface area contributed by atoms with Crippen molar-refractivity contribution in [2.75, 3.05) is 7.05 Å². The number of hydrogen-bond acceptors (Lipinski definition) is 3. The standard InChI is InChI=1S/C12H21N3O/c1-9-4-5-12(16-9)11(13-2)6-10-7-14-15(3)8-10/h7-9,11-13H,4-6H2,1-3H3. The Morgan fingerprint density at radius 1 is 1.62 bits per heavy atom. The van der Waals surface area contributed by atoms with Crippen LogP contribution >= 0.6 is 0 Å². The van der Waals surface area contributed by atoms with Crippen LogP contribution in [-0.4, -0.2) is 35.1 Å². The zero-order chi connectivity index (χ0) is 11.5. The van der Waals surface area contributed by atoms with Gasteiger partial charge >= 0.3 is 0 Å². The van der Waals surface area contributed by atoms with Gasteiger partial charge in [-0.1, -0.05) is 0 Å². The van der Waals surface area contributed by atoms with Gasteiger partial charge in [-0.05, 0) is 38.8 Å². The van der Waals surface area contributed by atoms with E-state index in [1.165, 1.54) is 12.0 Å². The second-order valence-corrected chi connectivity index (χ2v) is 4.68. The Morgan fingerprint density at radius 3 is 2.94 bits per heavy atom. The minimum atomic E-state index is 0.347. The molecular formula is C12H21N3O. The van der Waals surface area contributed by atoms with Crippen molar-refractivity contribution in [1.29, 1.82) is 0 Å². The minimum absolute atomic E-state index is 0.347.